The van der Waals surface area contributed by atoms with Crippen LogP contribution in [0.4, 0.5) is 11.4 Å². The lowest BCUT2D eigenvalue weighted by Gasteiger charge is -2.18. The SMILES string of the molecule is CCc1cccc(C)c1NC(=O)C(CC)Sc1cccc(NC(=O)/C(=C\c2ccc(OC)cc2OC)NC(=O)c2ccccc2)c1. The fourth-order valence-corrected chi connectivity index (χ4v) is 5.79. The maximum atomic E-state index is 13.7. The predicted molar refractivity (Wildman–Crippen MR) is 186 cm³/mol. The van der Waals surface area contributed by atoms with E-state index >= 15 is 0 Å². The Balaban J connectivity index is 1.56. The van der Waals surface area contributed by atoms with Crippen molar-refractivity contribution in [3.8, 4) is 11.5 Å². The zero-order valence-corrected chi connectivity index (χ0v) is 27.5. The van der Waals surface area contributed by atoms with E-state index in [9.17, 15) is 14.4 Å². The zero-order chi connectivity index (χ0) is 33.1. The third-order valence-corrected chi connectivity index (χ3v) is 8.65. The normalized spacial score (nSPS) is 11.7. The summed E-state index contributed by atoms with van der Waals surface area (Å²) in [6, 6.07) is 27.1. The van der Waals surface area contributed by atoms with Gasteiger partial charge >= 0.3 is 0 Å². The number of anilines is 2. The number of methoxy groups -OCH3 is 2. The summed E-state index contributed by atoms with van der Waals surface area (Å²) in [5, 5.41) is 8.45. The highest BCUT2D eigenvalue weighted by Crippen LogP contribution is 2.31. The maximum absolute atomic E-state index is 13.7. The Kier molecular flexibility index (Phi) is 12.0. The summed E-state index contributed by atoms with van der Waals surface area (Å²) in [7, 11) is 3.07. The van der Waals surface area contributed by atoms with Crippen molar-refractivity contribution < 1.29 is 23.9 Å². The molecule has 3 amide bonds. The molecule has 0 saturated carbocycles. The molecule has 0 radical (unpaired) electrons. The quantitative estimate of drug-likeness (QED) is 0.104. The van der Waals surface area contributed by atoms with Gasteiger partial charge in [-0.1, -0.05) is 56.3 Å². The van der Waals surface area contributed by atoms with Gasteiger partial charge in [-0.2, -0.15) is 0 Å². The van der Waals surface area contributed by atoms with Gasteiger partial charge in [-0.3, -0.25) is 14.4 Å². The topological polar surface area (TPSA) is 106 Å². The van der Waals surface area contributed by atoms with Gasteiger partial charge in [0.25, 0.3) is 11.8 Å². The first kappa shape index (κ1) is 33.9. The van der Waals surface area contributed by atoms with Gasteiger partial charge in [0.15, 0.2) is 0 Å². The lowest BCUT2D eigenvalue weighted by molar-refractivity contribution is -0.116. The van der Waals surface area contributed by atoms with Gasteiger partial charge in [-0.25, -0.2) is 0 Å². The highest BCUT2D eigenvalue weighted by atomic mass is 32.2. The maximum Gasteiger partial charge on any atom is 0.272 e. The first-order valence-electron chi connectivity index (χ1n) is 15.0. The molecule has 0 saturated heterocycles. The second kappa shape index (κ2) is 16.3. The zero-order valence-electron chi connectivity index (χ0n) is 26.7. The van der Waals surface area contributed by atoms with Crippen LogP contribution in [0.1, 0.15) is 47.3 Å². The average molecular weight is 638 g/mol. The minimum absolute atomic E-state index is 0.0196. The number of ether oxygens (including phenoxy) is 2. The summed E-state index contributed by atoms with van der Waals surface area (Å²) in [6.45, 7) is 6.03. The molecule has 0 aliphatic carbocycles. The van der Waals surface area contributed by atoms with Crippen LogP contribution in [0.5, 0.6) is 11.5 Å². The number of para-hydroxylation sites is 1. The van der Waals surface area contributed by atoms with Gasteiger partial charge in [0.05, 0.1) is 19.5 Å². The summed E-state index contributed by atoms with van der Waals surface area (Å²) in [5.74, 6) is 0.0217. The van der Waals surface area contributed by atoms with Crippen molar-refractivity contribution in [3.63, 3.8) is 0 Å². The molecule has 0 aromatic heterocycles. The van der Waals surface area contributed by atoms with E-state index in [2.05, 4.69) is 22.9 Å². The predicted octanol–water partition coefficient (Wildman–Crippen LogP) is 7.49. The van der Waals surface area contributed by atoms with Gasteiger partial charge in [-0.15, -0.1) is 11.8 Å². The number of aryl methyl sites for hydroxylation is 2. The molecular weight excluding hydrogens is 598 g/mol. The Morgan fingerprint density at radius 1 is 0.848 bits per heavy atom. The Morgan fingerprint density at radius 2 is 1.61 bits per heavy atom. The number of amides is 3. The van der Waals surface area contributed by atoms with Crippen molar-refractivity contribution in [1.29, 1.82) is 0 Å². The van der Waals surface area contributed by atoms with E-state index in [0.29, 0.717) is 34.7 Å². The molecule has 0 fully saturated rings. The fourth-order valence-electron chi connectivity index (χ4n) is 4.77. The molecule has 4 rings (SSSR count). The number of hydrogen-bond acceptors (Lipinski definition) is 6. The molecular formula is C37H39N3O5S. The summed E-state index contributed by atoms with van der Waals surface area (Å²) in [5.41, 5.74) is 4.48. The second-order valence-electron chi connectivity index (χ2n) is 10.4. The average Bonchev–Trinajstić information content (AvgIpc) is 3.08. The molecule has 0 aliphatic heterocycles. The lowest BCUT2D eigenvalue weighted by atomic mass is 10.1. The van der Waals surface area contributed by atoms with Gasteiger partial charge in [0, 0.05) is 33.5 Å². The molecule has 4 aromatic carbocycles. The van der Waals surface area contributed by atoms with E-state index in [1.807, 2.05) is 56.3 Å². The van der Waals surface area contributed by atoms with Crippen molar-refractivity contribution in [3.05, 3.63) is 119 Å². The highest BCUT2D eigenvalue weighted by molar-refractivity contribution is 8.00. The third kappa shape index (κ3) is 8.79. The Hall–Kier alpha value is -5.02. The molecule has 238 valence electrons. The van der Waals surface area contributed by atoms with Crippen molar-refractivity contribution in [1.82, 2.24) is 5.32 Å². The van der Waals surface area contributed by atoms with E-state index < -0.39 is 11.8 Å². The first-order valence-corrected chi connectivity index (χ1v) is 15.9. The van der Waals surface area contributed by atoms with Crippen LogP contribution in [0.2, 0.25) is 0 Å². The Morgan fingerprint density at radius 3 is 2.30 bits per heavy atom. The number of benzene rings is 4. The van der Waals surface area contributed by atoms with E-state index in [1.54, 1.807) is 61.7 Å². The number of hydrogen-bond donors (Lipinski definition) is 3. The minimum atomic E-state index is -0.527. The Bertz CT molecular complexity index is 1720. The molecule has 9 heteroatoms. The Labute approximate surface area is 274 Å². The molecule has 8 nitrogen and oxygen atoms in total. The summed E-state index contributed by atoms with van der Waals surface area (Å²) < 4.78 is 10.8. The summed E-state index contributed by atoms with van der Waals surface area (Å²) >= 11 is 1.43. The van der Waals surface area contributed by atoms with Crippen LogP contribution >= 0.6 is 11.8 Å². The van der Waals surface area contributed by atoms with Crippen LogP contribution in [0.15, 0.2) is 102 Å². The molecule has 46 heavy (non-hydrogen) atoms. The molecule has 0 spiro atoms. The number of rotatable bonds is 13. The van der Waals surface area contributed by atoms with Gasteiger partial charge < -0.3 is 25.4 Å². The molecule has 0 heterocycles. The largest absolute Gasteiger partial charge is 0.497 e. The molecule has 0 aliphatic rings. The van der Waals surface area contributed by atoms with Crippen LogP contribution in [0.25, 0.3) is 6.08 Å². The number of thioether (sulfide) groups is 1. The molecule has 4 aromatic rings. The molecule has 3 N–H and O–H groups in total. The molecule has 1 atom stereocenters. The summed E-state index contributed by atoms with van der Waals surface area (Å²) in [6.07, 6.45) is 2.99. The van der Waals surface area contributed by atoms with E-state index in [0.717, 1.165) is 28.1 Å². The molecule has 1 unspecified atom stereocenters. The van der Waals surface area contributed by atoms with Crippen LogP contribution < -0.4 is 25.4 Å². The van der Waals surface area contributed by atoms with Crippen molar-refractivity contribution in [2.75, 3.05) is 24.9 Å². The smallest absolute Gasteiger partial charge is 0.272 e. The third-order valence-electron chi connectivity index (χ3n) is 7.29. The monoisotopic (exact) mass is 637 g/mol. The number of carbonyl (C=O) groups excluding carboxylic acids is 3. The van der Waals surface area contributed by atoms with Crippen LogP contribution in [0.3, 0.4) is 0 Å². The van der Waals surface area contributed by atoms with E-state index in [-0.39, 0.29) is 16.9 Å². The van der Waals surface area contributed by atoms with Gasteiger partial charge in [0.1, 0.15) is 17.2 Å². The number of carbonyl (C=O) groups is 3. The van der Waals surface area contributed by atoms with Crippen LogP contribution in [0, 0.1) is 6.92 Å². The highest BCUT2D eigenvalue weighted by Gasteiger charge is 2.21. The van der Waals surface area contributed by atoms with Crippen molar-refractivity contribution >= 4 is 46.9 Å². The van der Waals surface area contributed by atoms with Crippen molar-refractivity contribution in [2.45, 2.75) is 43.8 Å². The minimum Gasteiger partial charge on any atom is -0.497 e. The summed E-state index contributed by atoms with van der Waals surface area (Å²) in [4.78, 5) is 40.9. The van der Waals surface area contributed by atoms with Crippen LogP contribution in [-0.4, -0.2) is 37.2 Å². The first-order chi connectivity index (χ1) is 22.3. The van der Waals surface area contributed by atoms with Gasteiger partial charge in [0.2, 0.25) is 5.91 Å². The van der Waals surface area contributed by atoms with Gasteiger partial charge in [-0.05, 0) is 79.4 Å². The lowest BCUT2D eigenvalue weighted by Crippen LogP contribution is -2.30. The number of nitrogens with one attached hydrogen (secondary N) is 3. The van der Waals surface area contributed by atoms with E-state index in [1.165, 1.54) is 18.9 Å². The second-order valence-corrected chi connectivity index (χ2v) is 11.7. The fraction of sp³-hybridized carbons (Fsp3) is 0.216. The van der Waals surface area contributed by atoms with Crippen molar-refractivity contribution in [2.24, 2.45) is 0 Å². The standard InChI is InChI=1S/C37H39N3O5S/c1-6-25-16-11-13-24(3)34(25)40-37(43)33(7-2)46-30-18-12-17-28(22-30)38-36(42)31(39-35(41)26-14-9-8-10-15-26)21-27-19-20-29(44-4)23-32(27)45-5/h8-23,33H,6-7H2,1-5H3,(H,38,42)(H,39,41)(H,40,43)/b31-21+. The van der Waals surface area contributed by atoms with Crippen LogP contribution in [-0.2, 0) is 16.0 Å². The van der Waals surface area contributed by atoms with E-state index in [4.69, 9.17) is 9.47 Å². The molecule has 0 bridgehead atoms.